The van der Waals surface area contributed by atoms with Gasteiger partial charge in [-0.25, -0.2) is 0 Å². The van der Waals surface area contributed by atoms with Crippen LogP contribution < -0.4 is 0 Å². The Balaban J connectivity index is 3.57. The van der Waals surface area contributed by atoms with E-state index in [0.29, 0.717) is 0 Å². The van der Waals surface area contributed by atoms with Crippen LogP contribution in [0.2, 0.25) is 12.1 Å². The zero-order valence-electron chi connectivity index (χ0n) is 15.2. The number of hydrogen-bond donors (Lipinski definition) is 0. The Hall–Kier alpha value is 0.137. The number of hydrogen-bond acceptors (Lipinski definition) is 2. The highest BCUT2D eigenvalue weighted by Crippen LogP contribution is 2.23. The molecule has 0 amide bonds. The van der Waals surface area contributed by atoms with Crippen LogP contribution >= 0.6 is 0 Å². The first kappa shape index (κ1) is 21.1. The molecule has 0 heterocycles. The normalized spacial score (nSPS) is 12.0. The summed E-state index contributed by atoms with van der Waals surface area (Å²) in [5, 5.41) is 0. The van der Waals surface area contributed by atoms with E-state index in [1.54, 1.807) is 0 Å². The molecule has 0 fully saturated rings. The van der Waals surface area contributed by atoms with Gasteiger partial charge >= 0.3 is 8.56 Å². The summed E-state index contributed by atoms with van der Waals surface area (Å²) in [6, 6.07) is 2.27. The fourth-order valence-corrected chi connectivity index (χ4v) is 5.95. The highest BCUT2D eigenvalue weighted by molar-refractivity contribution is 6.67. The maximum Gasteiger partial charge on any atom is 0.337 e. The van der Waals surface area contributed by atoms with Crippen LogP contribution in [0.3, 0.4) is 0 Å². The molecule has 0 spiro atoms. The fraction of sp³-hybridized carbons (Fsp3) is 1.00. The lowest BCUT2D eigenvalue weighted by Gasteiger charge is -2.28. The molecule has 0 bridgehead atoms. The summed E-state index contributed by atoms with van der Waals surface area (Å²) in [6.45, 7) is 10.3. The molecule has 0 saturated heterocycles. The lowest BCUT2D eigenvalue weighted by Crippen LogP contribution is -2.41. The lowest BCUT2D eigenvalue weighted by atomic mass is 10.1. The van der Waals surface area contributed by atoms with Gasteiger partial charge in [0, 0.05) is 13.2 Å². The Labute approximate surface area is 135 Å². The van der Waals surface area contributed by atoms with Crippen LogP contribution in [0.5, 0.6) is 0 Å². The molecule has 0 rings (SSSR count). The summed E-state index contributed by atoms with van der Waals surface area (Å²) in [5.74, 6) is 0. The van der Waals surface area contributed by atoms with Crippen molar-refractivity contribution in [1.82, 2.24) is 0 Å². The minimum atomic E-state index is -1.86. The molecule has 0 aromatic heterocycles. The number of rotatable bonds is 16. The van der Waals surface area contributed by atoms with E-state index >= 15 is 0 Å². The quantitative estimate of drug-likeness (QED) is 0.241. The lowest BCUT2D eigenvalue weighted by molar-refractivity contribution is 0.182. The van der Waals surface area contributed by atoms with Gasteiger partial charge in [-0.3, -0.25) is 0 Å². The Morgan fingerprint density at radius 1 is 0.571 bits per heavy atom. The average molecular weight is 317 g/mol. The van der Waals surface area contributed by atoms with Crippen molar-refractivity contribution >= 4 is 8.56 Å². The van der Waals surface area contributed by atoms with Gasteiger partial charge < -0.3 is 8.85 Å². The van der Waals surface area contributed by atoms with Crippen LogP contribution in [0.4, 0.5) is 0 Å². The van der Waals surface area contributed by atoms with Gasteiger partial charge in [0.2, 0.25) is 0 Å². The standard InChI is InChI=1S/C18H40O2Si/c1-5-9-10-11-12-13-14-15-16-17-18-21(8-4,19-6-2)20-7-3/h5-18H2,1-4H3. The number of unbranched alkanes of at least 4 members (excludes halogenated alkanes) is 9. The van der Waals surface area contributed by atoms with E-state index in [-0.39, 0.29) is 0 Å². The van der Waals surface area contributed by atoms with Crippen LogP contribution in [0, 0.1) is 0 Å². The van der Waals surface area contributed by atoms with Gasteiger partial charge in [0.25, 0.3) is 0 Å². The molecule has 0 N–H and O–H groups in total. The minimum absolute atomic E-state index is 0.803. The second kappa shape index (κ2) is 15.0. The van der Waals surface area contributed by atoms with Gasteiger partial charge in [-0.05, 0) is 25.9 Å². The molecule has 0 radical (unpaired) electrons. The molecule has 0 aliphatic heterocycles. The second-order valence-corrected chi connectivity index (χ2v) is 9.67. The van der Waals surface area contributed by atoms with E-state index < -0.39 is 8.56 Å². The molecule has 0 atom stereocenters. The molecular formula is C18H40O2Si. The van der Waals surface area contributed by atoms with Crippen molar-refractivity contribution in [3.63, 3.8) is 0 Å². The Morgan fingerprint density at radius 2 is 1.00 bits per heavy atom. The summed E-state index contributed by atoms with van der Waals surface area (Å²) in [6.07, 6.45) is 13.9. The second-order valence-electron chi connectivity index (χ2n) is 6.06. The van der Waals surface area contributed by atoms with Crippen molar-refractivity contribution in [2.24, 2.45) is 0 Å². The molecule has 0 unspecified atom stereocenters. The monoisotopic (exact) mass is 316 g/mol. The van der Waals surface area contributed by atoms with Crippen LogP contribution in [-0.2, 0) is 8.85 Å². The smallest absolute Gasteiger partial charge is 0.337 e. The maximum atomic E-state index is 6.02. The SMILES string of the molecule is CCCCCCCCCCCC[Si](CC)(OCC)OCC. The average Bonchev–Trinajstić information content (AvgIpc) is 2.49. The third kappa shape index (κ3) is 11.4. The van der Waals surface area contributed by atoms with E-state index in [9.17, 15) is 0 Å². The molecule has 128 valence electrons. The molecule has 21 heavy (non-hydrogen) atoms. The summed E-state index contributed by atoms with van der Waals surface area (Å²) >= 11 is 0. The van der Waals surface area contributed by atoms with Gasteiger partial charge in [-0.15, -0.1) is 0 Å². The first-order valence-electron chi connectivity index (χ1n) is 9.52. The molecule has 0 saturated carbocycles. The van der Waals surface area contributed by atoms with Crippen molar-refractivity contribution in [2.75, 3.05) is 13.2 Å². The molecular weight excluding hydrogens is 276 g/mol. The zero-order valence-corrected chi connectivity index (χ0v) is 16.2. The van der Waals surface area contributed by atoms with Crippen LogP contribution in [0.1, 0.15) is 91.9 Å². The third-order valence-electron chi connectivity index (χ3n) is 4.26. The van der Waals surface area contributed by atoms with Gasteiger partial charge in [-0.1, -0.05) is 78.1 Å². The molecule has 2 nitrogen and oxygen atoms in total. The van der Waals surface area contributed by atoms with Crippen molar-refractivity contribution in [2.45, 2.75) is 104 Å². The first-order valence-corrected chi connectivity index (χ1v) is 11.8. The Morgan fingerprint density at radius 3 is 1.38 bits per heavy atom. The van der Waals surface area contributed by atoms with Crippen LogP contribution in [0.25, 0.3) is 0 Å². The predicted molar refractivity (Wildman–Crippen MR) is 96.1 cm³/mol. The summed E-state index contributed by atoms with van der Waals surface area (Å²) in [4.78, 5) is 0. The molecule has 0 aliphatic rings. The summed E-state index contributed by atoms with van der Waals surface area (Å²) in [5.41, 5.74) is 0. The fourth-order valence-electron chi connectivity index (χ4n) is 2.97. The molecule has 0 aliphatic carbocycles. The van der Waals surface area contributed by atoms with Gasteiger partial charge in [0.15, 0.2) is 0 Å². The van der Waals surface area contributed by atoms with E-state index in [4.69, 9.17) is 8.85 Å². The molecule has 0 aromatic carbocycles. The van der Waals surface area contributed by atoms with Gasteiger partial charge in [-0.2, -0.15) is 0 Å². The summed E-state index contributed by atoms with van der Waals surface area (Å²) in [7, 11) is -1.86. The zero-order chi connectivity index (χ0) is 15.8. The van der Waals surface area contributed by atoms with Crippen molar-refractivity contribution in [3.8, 4) is 0 Å². The van der Waals surface area contributed by atoms with Crippen LogP contribution in [-0.4, -0.2) is 21.8 Å². The topological polar surface area (TPSA) is 18.5 Å². The first-order chi connectivity index (χ1) is 10.2. The molecule has 0 aromatic rings. The predicted octanol–water partition coefficient (Wildman–Crippen LogP) is 6.44. The minimum Gasteiger partial charge on any atom is -0.394 e. The molecule has 3 heteroatoms. The highest BCUT2D eigenvalue weighted by Gasteiger charge is 2.33. The maximum absolute atomic E-state index is 6.02. The third-order valence-corrected chi connectivity index (χ3v) is 8.09. The Bertz CT molecular complexity index is 203. The van der Waals surface area contributed by atoms with Crippen molar-refractivity contribution < 1.29 is 8.85 Å². The largest absolute Gasteiger partial charge is 0.394 e. The van der Waals surface area contributed by atoms with E-state index in [1.165, 1.54) is 70.3 Å². The highest BCUT2D eigenvalue weighted by atomic mass is 28.4. The van der Waals surface area contributed by atoms with E-state index in [1.807, 2.05) is 0 Å². The van der Waals surface area contributed by atoms with Crippen molar-refractivity contribution in [3.05, 3.63) is 0 Å². The van der Waals surface area contributed by atoms with Crippen molar-refractivity contribution in [1.29, 1.82) is 0 Å². The summed E-state index contributed by atoms with van der Waals surface area (Å²) < 4.78 is 12.0. The van der Waals surface area contributed by atoms with Gasteiger partial charge in [0.1, 0.15) is 0 Å². The Kier molecular flexibility index (Phi) is 15.1. The van der Waals surface area contributed by atoms with E-state index in [2.05, 4.69) is 27.7 Å². The van der Waals surface area contributed by atoms with Gasteiger partial charge in [0.05, 0.1) is 0 Å². The van der Waals surface area contributed by atoms with E-state index in [0.717, 1.165) is 19.3 Å². The van der Waals surface area contributed by atoms with Crippen LogP contribution in [0.15, 0.2) is 0 Å².